The number of sulfonamides is 1. The second-order valence-corrected chi connectivity index (χ2v) is 8.40. The Morgan fingerprint density at radius 1 is 1.23 bits per heavy atom. The first kappa shape index (κ1) is 20.0. The van der Waals surface area contributed by atoms with Gasteiger partial charge in [-0.2, -0.15) is 0 Å². The first-order valence-electron chi connectivity index (χ1n) is 7.68. The van der Waals surface area contributed by atoms with Crippen LogP contribution in [0.4, 0.5) is 5.13 Å². The van der Waals surface area contributed by atoms with E-state index in [9.17, 15) is 18.0 Å². The van der Waals surface area contributed by atoms with Crippen molar-refractivity contribution in [3.8, 4) is 0 Å². The zero-order valence-corrected chi connectivity index (χ0v) is 16.2. The lowest BCUT2D eigenvalue weighted by molar-refractivity contribution is -0.142. The highest BCUT2D eigenvalue weighted by atomic mass is 32.2. The SMILES string of the molecule is CCOC(=O)Cc1csc(NC(=O)c2ccc(S(=O)(=O)N(C)C)cc2)n1. The summed E-state index contributed by atoms with van der Waals surface area (Å²) in [6.45, 7) is 2.02. The average Bonchev–Trinajstić information content (AvgIpc) is 3.01. The Morgan fingerprint density at radius 3 is 2.46 bits per heavy atom. The summed E-state index contributed by atoms with van der Waals surface area (Å²) in [7, 11) is -0.670. The van der Waals surface area contributed by atoms with Crippen LogP contribution in [0.2, 0.25) is 0 Å². The summed E-state index contributed by atoms with van der Waals surface area (Å²) in [5.74, 6) is -0.802. The standard InChI is InChI=1S/C16H19N3O5S2/c1-4-24-14(20)9-12-10-25-16(17-12)18-15(21)11-5-7-13(8-6-11)26(22,23)19(2)3/h5-8,10H,4,9H2,1-3H3,(H,17,18,21). The van der Waals surface area contributed by atoms with E-state index < -0.39 is 15.9 Å². The minimum absolute atomic E-state index is 0.0390. The monoisotopic (exact) mass is 397 g/mol. The Labute approximate surface area is 155 Å². The molecule has 2 rings (SSSR count). The van der Waals surface area contributed by atoms with Gasteiger partial charge in [-0.15, -0.1) is 11.3 Å². The maximum absolute atomic E-state index is 12.2. The number of anilines is 1. The van der Waals surface area contributed by atoms with Crippen LogP contribution < -0.4 is 5.32 Å². The smallest absolute Gasteiger partial charge is 0.311 e. The third-order valence-corrected chi connectivity index (χ3v) is 5.93. The van der Waals surface area contributed by atoms with Crippen LogP contribution in [0, 0.1) is 0 Å². The van der Waals surface area contributed by atoms with Gasteiger partial charge in [-0.1, -0.05) is 0 Å². The number of hydrogen-bond acceptors (Lipinski definition) is 7. The van der Waals surface area contributed by atoms with Crippen molar-refractivity contribution in [1.29, 1.82) is 0 Å². The topological polar surface area (TPSA) is 106 Å². The molecule has 0 aliphatic carbocycles. The van der Waals surface area contributed by atoms with Gasteiger partial charge in [0.25, 0.3) is 5.91 Å². The summed E-state index contributed by atoms with van der Waals surface area (Å²) in [4.78, 5) is 27.9. The van der Waals surface area contributed by atoms with E-state index in [1.807, 2.05) is 0 Å². The Bertz CT molecular complexity index is 889. The first-order chi connectivity index (χ1) is 12.2. The Morgan fingerprint density at radius 2 is 1.88 bits per heavy atom. The van der Waals surface area contributed by atoms with Crippen molar-refractivity contribution in [3.63, 3.8) is 0 Å². The molecule has 1 N–H and O–H groups in total. The molecule has 0 spiro atoms. The van der Waals surface area contributed by atoms with Crippen LogP contribution in [0.15, 0.2) is 34.5 Å². The number of carbonyl (C=O) groups excluding carboxylic acids is 2. The second kappa shape index (κ2) is 8.39. The van der Waals surface area contributed by atoms with Crippen molar-refractivity contribution in [2.75, 3.05) is 26.0 Å². The van der Waals surface area contributed by atoms with Gasteiger partial charge in [0.15, 0.2) is 5.13 Å². The van der Waals surface area contributed by atoms with Gasteiger partial charge in [0.2, 0.25) is 10.0 Å². The Kier molecular flexibility index (Phi) is 6.46. The summed E-state index contributed by atoms with van der Waals surface area (Å²) in [5, 5.41) is 4.63. The molecule has 0 fully saturated rings. The number of carbonyl (C=O) groups is 2. The fraction of sp³-hybridized carbons (Fsp3) is 0.312. The largest absolute Gasteiger partial charge is 0.466 e. The molecule has 10 heteroatoms. The number of esters is 1. The second-order valence-electron chi connectivity index (χ2n) is 5.39. The van der Waals surface area contributed by atoms with E-state index in [2.05, 4.69) is 10.3 Å². The molecular weight excluding hydrogens is 378 g/mol. The molecule has 2 aromatic rings. The maximum Gasteiger partial charge on any atom is 0.311 e. The van der Waals surface area contributed by atoms with Gasteiger partial charge in [0.1, 0.15) is 0 Å². The highest BCUT2D eigenvalue weighted by molar-refractivity contribution is 7.89. The molecule has 0 aliphatic rings. The number of hydrogen-bond donors (Lipinski definition) is 1. The molecule has 8 nitrogen and oxygen atoms in total. The Balaban J connectivity index is 2.04. The van der Waals surface area contributed by atoms with Crippen molar-refractivity contribution in [2.45, 2.75) is 18.2 Å². The predicted octanol–water partition coefficient (Wildman–Crippen LogP) is 1.75. The highest BCUT2D eigenvalue weighted by Crippen LogP contribution is 2.18. The molecule has 0 bridgehead atoms. The summed E-state index contributed by atoms with van der Waals surface area (Å²) in [6.07, 6.45) is 0.0390. The summed E-state index contributed by atoms with van der Waals surface area (Å²) in [5.41, 5.74) is 0.807. The fourth-order valence-electron chi connectivity index (χ4n) is 1.96. The van der Waals surface area contributed by atoms with Crippen molar-refractivity contribution in [2.24, 2.45) is 0 Å². The summed E-state index contributed by atoms with van der Waals surface area (Å²) < 4.78 is 30.0. The number of amides is 1. The number of thiazole rings is 1. The van der Waals surface area contributed by atoms with E-state index in [1.54, 1.807) is 12.3 Å². The highest BCUT2D eigenvalue weighted by Gasteiger charge is 2.18. The van der Waals surface area contributed by atoms with Crippen LogP contribution in [0.1, 0.15) is 23.0 Å². The molecule has 0 atom stereocenters. The third kappa shape index (κ3) is 4.87. The lowest BCUT2D eigenvalue weighted by Gasteiger charge is -2.11. The Hall–Kier alpha value is -2.30. The van der Waals surface area contributed by atoms with E-state index in [0.29, 0.717) is 23.0 Å². The zero-order valence-electron chi connectivity index (χ0n) is 14.6. The molecule has 0 radical (unpaired) electrons. The molecule has 1 aromatic heterocycles. The van der Waals surface area contributed by atoms with Gasteiger partial charge in [-0.3, -0.25) is 14.9 Å². The maximum atomic E-state index is 12.2. The molecule has 140 valence electrons. The predicted molar refractivity (Wildman–Crippen MR) is 97.7 cm³/mol. The van der Waals surface area contributed by atoms with Gasteiger partial charge < -0.3 is 4.74 Å². The number of nitrogens with one attached hydrogen (secondary N) is 1. The van der Waals surface area contributed by atoms with Crippen molar-refractivity contribution >= 4 is 38.4 Å². The molecule has 0 saturated heterocycles. The van der Waals surface area contributed by atoms with E-state index >= 15 is 0 Å². The zero-order chi connectivity index (χ0) is 19.3. The van der Waals surface area contributed by atoms with Crippen LogP contribution in [0.3, 0.4) is 0 Å². The van der Waals surface area contributed by atoms with E-state index in [-0.39, 0.29) is 17.3 Å². The molecule has 1 heterocycles. The third-order valence-electron chi connectivity index (χ3n) is 3.30. The average molecular weight is 397 g/mol. The van der Waals surface area contributed by atoms with Crippen LogP contribution in [-0.4, -0.2) is 50.3 Å². The van der Waals surface area contributed by atoms with Gasteiger partial charge in [0, 0.05) is 25.0 Å². The van der Waals surface area contributed by atoms with Gasteiger partial charge in [0.05, 0.1) is 23.6 Å². The van der Waals surface area contributed by atoms with Crippen LogP contribution in [-0.2, 0) is 26.0 Å². The van der Waals surface area contributed by atoms with Crippen LogP contribution in [0.25, 0.3) is 0 Å². The van der Waals surface area contributed by atoms with E-state index in [1.165, 1.54) is 49.7 Å². The number of nitrogens with zero attached hydrogens (tertiary/aromatic N) is 2. The summed E-state index contributed by atoms with van der Waals surface area (Å²) in [6, 6.07) is 5.61. The fourth-order valence-corrected chi connectivity index (χ4v) is 3.57. The lowest BCUT2D eigenvalue weighted by atomic mass is 10.2. The molecule has 1 amide bonds. The number of rotatable bonds is 7. The summed E-state index contributed by atoms with van der Waals surface area (Å²) >= 11 is 1.19. The molecule has 0 aliphatic heterocycles. The number of ether oxygens (including phenoxy) is 1. The quantitative estimate of drug-likeness (QED) is 0.714. The molecule has 0 unspecified atom stereocenters. The molecule has 0 saturated carbocycles. The van der Waals surface area contributed by atoms with E-state index in [4.69, 9.17) is 4.74 Å². The number of aromatic nitrogens is 1. The molecule has 26 heavy (non-hydrogen) atoms. The van der Waals surface area contributed by atoms with E-state index in [0.717, 1.165) is 4.31 Å². The minimum atomic E-state index is -3.54. The molecular formula is C16H19N3O5S2. The first-order valence-corrected chi connectivity index (χ1v) is 10.00. The van der Waals surface area contributed by atoms with Crippen LogP contribution in [0.5, 0.6) is 0 Å². The van der Waals surface area contributed by atoms with Gasteiger partial charge in [-0.25, -0.2) is 17.7 Å². The van der Waals surface area contributed by atoms with Crippen molar-refractivity contribution in [1.82, 2.24) is 9.29 Å². The van der Waals surface area contributed by atoms with Crippen molar-refractivity contribution < 1.29 is 22.7 Å². The molecule has 1 aromatic carbocycles. The lowest BCUT2D eigenvalue weighted by Crippen LogP contribution is -2.22. The van der Waals surface area contributed by atoms with Gasteiger partial charge in [-0.05, 0) is 31.2 Å². The van der Waals surface area contributed by atoms with Crippen molar-refractivity contribution in [3.05, 3.63) is 40.9 Å². The normalized spacial score (nSPS) is 11.4. The number of benzene rings is 1. The van der Waals surface area contributed by atoms with Gasteiger partial charge >= 0.3 is 5.97 Å². The van der Waals surface area contributed by atoms with Crippen LogP contribution >= 0.6 is 11.3 Å². The minimum Gasteiger partial charge on any atom is -0.466 e.